The third kappa shape index (κ3) is 3.54. The third-order valence-electron chi connectivity index (χ3n) is 4.02. The van der Waals surface area contributed by atoms with Crippen LogP contribution in [0.5, 0.6) is 0 Å². The average molecular weight is 328 g/mol. The van der Waals surface area contributed by atoms with Gasteiger partial charge in [-0.2, -0.15) is 0 Å². The van der Waals surface area contributed by atoms with Crippen molar-refractivity contribution in [3.05, 3.63) is 28.5 Å². The van der Waals surface area contributed by atoms with Gasteiger partial charge in [0.05, 0.1) is 12.5 Å². The summed E-state index contributed by atoms with van der Waals surface area (Å²) in [6.07, 6.45) is 4.83. The van der Waals surface area contributed by atoms with Crippen molar-refractivity contribution in [3.63, 3.8) is 0 Å². The zero-order valence-corrected chi connectivity index (χ0v) is 12.2. The lowest BCUT2D eigenvalue weighted by atomic mass is 9.75. The number of carbonyl (C=O) groups is 1. The van der Waals surface area contributed by atoms with Crippen molar-refractivity contribution in [3.8, 4) is 0 Å². The predicted octanol–water partition coefficient (Wildman–Crippen LogP) is 2.81. The van der Waals surface area contributed by atoms with E-state index in [9.17, 15) is 9.90 Å². The topological polar surface area (TPSA) is 70.4 Å². The Balaban J connectivity index is 2.03. The fourth-order valence-corrected chi connectivity index (χ4v) is 3.09. The van der Waals surface area contributed by atoms with E-state index in [0.29, 0.717) is 18.8 Å². The maximum absolute atomic E-state index is 10.9. The molecule has 1 aliphatic carbocycles. The fraction of sp³-hybridized carbons (Fsp3) is 0.571. The Morgan fingerprint density at radius 3 is 2.53 bits per heavy atom. The van der Waals surface area contributed by atoms with Gasteiger partial charge in [0.15, 0.2) is 0 Å². The number of aliphatic hydroxyl groups excluding tert-OH is 1. The van der Waals surface area contributed by atoms with E-state index in [1.165, 1.54) is 0 Å². The van der Waals surface area contributed by atoms with Gasteiger partial charge in [-0.25, -0.2) is 0 Å². The van der Waals surface area contributed by atoms with E-state index >= 15 is 0 Å². The molecule has 1 aliphatic rings. The maximum atomic E-state index is 10.9. The molecular weight excluding hydrogens is 310 g/mol. The zero-order chi connectivity index (χ0) is 13.8. The van der Waals surface area contributed by atoms with Crippen molar-refractivity contribution in [1.29, 1.82) is 0 Å². The first-order valence-corrected chi connectivity index (χ1v) is 7.36. The number of aliphatic hydroxyl groups is 1. The van der Waals surface area contributed by atoms with Crippen LogP contribution in [0.2, 0.25) is 0 Å². The molecule has 0 amide bonds. The molecule has 1 heterocycles. The highest BCUT2D eigenvalue weighted by molar-refractivity contribution is 9.10. The second-order valence-electron chi connectivity index (χ2n) is 5.14. The minimum Gasteiger partial charge on any atom is -0.481 e. The highest BCUT2D eigenvalue weighted by atomic mass is 79.9. The average Bonchev–Trinajstić information content (AvgIpc) is 2.42. The molecule has 1 fully saturated rings. The minimum absolute atomic E-state index is 0.0165. The second kappa shape index (κ2) is 6.48. The van der Waals surface area contributed by atoms with Crippen molar-refractivity contribution >= 4 is 21.9 Å². The summed E-state index contributed by atoms with van der Waals surface area (Å²) in [6, 6.07) is 3.85. The fourth-order valence-electron chi connectivity index (χ4n) is 2.86. The normalized spacial score (nSPS) is 24.9. The number of aliphatic carboxylic acids is 1. The Labute approximate surface area is 121 Å². The van der Waals surface area contributed by atoms with E-state index in [2.05, 4.69) is 20.9 Å². The number of nitrogens with zero attached hydrogens (tertiary/aromatic N) is 1. The van der Waals surface area contributed by atoms with Crippen LogP contribution in [0.15, 0.2) is 22.8 Å². The van der Waals surface area contributed by atoms with Gasteiger partial charge in [0.25, 0.3) is 0 Å². The van der Waals surface area contributed by atoms with Gasteiger partial charge in [0.1, 0.15) is 0 Å². The first-order chi connectivity index (χ1) is 9.11. The molecule has 2 rings (SSSR count). The Morgan fingerprint density at radius 2 is 2.05 bits per heavy atom. The molecule has 1 aromatic heterocycles. The van der Waals surface area contributed by atoms with E-state index in [4.69, 9.17) is 5.11 Å². The number of rotatable bonds is 4. The minimum atomic E-state index is -0.694. The lowest BCUT2D eigenvalue weighted by molar-refractivity contribution is -0.143. The summed E-state index contributed by atoms with van der Waals surface area (Å²) in [5, 5.41) is 18.6. The van der Waals surface area contributed by atoms with Gasteiger partial charge in [-0.3, -0.25) is 9.78 Å². The van der Waals surface area contributed by atoms with E-state index in [1.807, 2.05) is 12.1 Å². The molecule has 2 N–H and O–H groups in total. The molecular formula is C14H18BrNO3. The summed E-state index contributed by atoms with van der Waals surface area (Å²) in [7, 11) is 0. The van der Waals surface area contributed by atoms with Crippen molar-refractivity contribution in [1.82, 2.24) is 4.98 Å². The Kier molecular flexibility index (Phi) is 4.93. The van der Waals surface area contributed by atoms with Gasteiger partial charge in [-0.1, -0.05) is 0 Å². The van der Waals surface area contributed by atoms with Crippen LogP contribution in [0.3, 0.4) is 0 Å². The van der Waals surface area contributed by atoms with Gasteiger partial charge in [0.2, 0.25) is 0 Å². The van der Waals surface area contributed by atoms with E-state index in [0.717, 1.165) is 23.0 Å². The van der Waals surface area contributed by atoms with Crippen molar-refractivity contribution in [2.75, 3.05) is 6.61 Å². The Bertz CT molecular complexity index is 427. The number of pyridine rings is 1. The standard InChI is InChI=1S/C14H18BrNO3/c15-11-5-6-13(16-7-11)12(8-17)9-1-3-10(4-2-9)14(18)19/h5-7,9-10,12,17H,1-4,8H2,(H,18,19). The zero-order valence-electron chi connectivity index (χ0n) is 10.6. The predicted molar refractivity (Wildman–Crippen MR) is 74.8 cm³/mol. The van der Waals surface area contributed by atoms with Crippen LogP contribution in [0.4, 0.5) is 0 Å². The number of carboxylic acids is 1. The summed E-state index contributed by atoms with van der Waals surface area (Å²) in [5.74, 6) is -0.564. The molecule has 0 saturated heterocycles. The summed E-state index contributed by atoms with van der Waals surface area (Å²) in [4.78, 5) is 15.3. The molecule has 104 valence electrons. The quantitative estimate of drug-likeness (QED) is 0.892. The number of carboxylic acid groups (broad SMARTS) is 1. The van der Waals surface area contributed by atoms with Crippen molar-refractivity contribution in [2.45, 2.75) is 31.6 Å². The summed E-state index contributed by atoms with van der Waals surface area (Å²) in [5.41, 5.74) is 0.893. The molecule has 1 atom stereocenters. The van der Waals surface area contributed by atoms with Crippen LogP contribution in [0.25, 0.3) is 0 Å². The summed E-state index contributed by atoms with van der Waals surface area (Å²) < 4.78 is 0.919. The molecule has 0 radical (unpaired) electrons. The molecule has 0 aromatic carbocycles. The SMILES string of the molecule is O=C(O)C1CCC(C(CO)c2ccc(Br)cn2)CC1. The van der Waals surface area contributed by atoms with Crippen LogP contribution in [-0.2, 0) is 4.79 Å². The van der Waals surface area contributed by atoms with E-state index in [-0.39, 0.29) is 18.4 Å². The summed E-state index contributed by atoms with van der Waals surface area (Å²) in [6.45, 7) is 0.0665. The monoisotopic (exact) mass is 327 g/mol. The van der Waals surface area contributed by atoms with Gasteiger partial charge < -0.3 is 10.2 Å². The van der Waals surface area contributed by atoms with Crippen LogP contribution < -0.4 is 0 Å². The third-order valence-corrected chi connectivity index (χ3v) is 4.49. The van der Waals surface area contributed by atoms with Gasteiger partial charge in [0, 0.05) is 22.3 Å². The van der Waals surface area contributed by atoms with Gasteiger partial charge in [-0.05, 0) is 59.7 Å². The molecule has 19 heavy (non-hydrogen) atoms. The van der Waals surface area contributed by atoms with Crippen LogP contribution in [-0.4, -0.2) is 27.8 Å². The molecule has 0 spiro atoms. The molecule has 0 bridgehead atoms. The molecule has 0 aliphatic heterocycles. The van der Waals surface area contributed by atoms with Crippen molar-refractivity contribution in [2.24, 2.45) is 11.8 Å². The Hall–Kier alpha value is -0.940. The van der Waals surface area contributed by atoms with E-state index < -0.39 is 5.97 Å². The summed E-state index contributed by atoms with van der Waals surface area (Å²) >= 11 is 3.35. The van der Waals surface area contributed by atoms with Gasteiger partial charge >= 0.3 is 5.97 Å². The molecule has 1 aromatic rings. The molecule has 1 saturated carbocycles. The molecule has 1 unspecified atom stereocenters. The lowest BCUT2D eigenvalue weighted by Crippen LogP contribution is -2.26. The second-order valence-corrected chi connectivity index (χ2v) is 6.06. The Morgan fingerprint density at radius 1 is 1.37 bits per heavy atom. The first-order valence-electron chi connectivity index (χ1n) is 6.57. The number of aromatic nitrogens is 1. The van der Waals surface area contributed by atoms with E-state index in [1.54, 1.807) is 6.20 Å². The number of hydrogen-bond donors (Lipinski definition) is 2. The van der Waals surface area contributed by atoms with Crippen LogP contribution in [0.1, 0.15) is 37.3 Å². The highest BCUT2D eigenvalue weighted by Gasteiger charge is 2.31. The lowest BCUT2D eigenvalue weighted by Gasteiger charge is -2.31. The smallest absolute Gasteiger partial charge is 0.306 e. The largest absolute Gasteiger partial charge is 0.481 e. The van der Waals surface area contributed by atoms with Crippen LogP contribution >= 0.6 is 15.9 Å². The van der Waals surface area contributed by atoms with Crippen molar-refractivity contribution < 1.29 is 15.0 Å². The van der Waals surface area contributed by atoms with Crippen LogP contribution in [0, 0.1) is 11.8 Å². The maximum Gasteiger partial charge on any atom is 0.306 e. The molecule has 4 nitrogen and oxygen atoms in total. The van der Waals surface area contributed by atoms with Gasteiger partial charge in [-0.15, -0.1) is 0 Å². The number of halogens is 1. The molecule has 5 heteroatoms. The first kappa shape index (κ1) is 14.5. The highest BCUT2D eigenvalue weighted by Crippen LogP contribution is 2.37. The number of hydrogen-bond acceptors (Lipinski definition) is 3.